The number of aryl methyl sites for hydroxylation is 2. The van der Waals surface area contributed by atoms with Gasteiger partial charge in [-0.3, -0.25) is 9.59 Å². The third-order valence-corrected chi connectivity index (χ3v) is 3.24. The minimum absolute atomic E-state index is 0.236. The highest BCUT2D eigenvalue weighted by atomic mass is 16.5. The van der Waals surface area contributed by atoms with E-state index in [4.69, 9.17) is 4.74 Å². The molecule has 6 heteroatoms. The summed E-state index contributed by atoms with van der Waals surface area (Å²) in [5, 5.41) is 3.94. The van der Waals surface area contributed by atoms with E-state index in [1.807, 2.05) is 31.2 Å². The number of rotatable bonds is 5. The summed E-state index contributed by atoms with van der Waals surface area (Å²) in [6.07, 6.45) is 0. The molecule has 0 N–H and O–H groups in total. The van der Waals surface area contributed by atoms with Crippen molar-refractivity contribution in [2.24, 2.45) is 7.05 Å². The summed E-state index contributed by atoms with van der Waals surface area (Å²) in [5.41, 5.74) is 1.15. The normalized spacial score (nSPS) is 10.3. The molecule has 1 amide bonds. The fourth-order valence-electron chi connectivity index (χ4n) is 1.85. The molecule has 0 saturated heterocycles. The maximum absolute atomic E-state index is 12.2. The first-order chi connectivity index (χ1) is 10.5. The molecule has 0 radical (unpaired) electrons. The van der Waals surface area contributed by atoms with Gasteiger partial charge in [-0.2, -0.15) is 5.10 Å². The van der Waals surface area contributed by atoms with Crippen LogP contribution in [0.2, 0.25) is 0 Å². The lowest BCUT2D eigenvalue weighted by atomic mass is 10.2. The Kier molecular flexibility index (Phi) is 4.93. The number of nitrogens with zero attached hydrogens (tertiary/aromatic N) is 3. The van der Waals surface area contributed by atoms with E-state index in [0.29, 0.717) is 13.2 Å². The Morgan fingerprint density at radius 2 is 1.91 bits per heavy atom. The standard InChI is InChI=1S/C16H19N3O3/c1-12-4-6-13(7-5-12)22-11-10-18(2)16(21)14-8-9-15(20)19(3)17-14/h4-9H,10-11H2,1-3H3. The van der Waals surface area contributed by atoms with E-state index in [1.54, 1.807) is 7.05 Å². The van der Waals surface area contributed by atoms with Crippen LogP contribution in [0.25, 0.3) is 0 Å². The zero-order chi connectivity index (χ0) is 16.1. The molecular formula is C16H19N3O3. The number of benzene rings is 1. The minimum Gasteiger partial charge on any atom is -0.492 e. The third-order valence-electron chi connectivity index (χ3n) is 3.24. The molecule has 22 heavy (non-hydrogen) atoms. The SMILES string of the molecule is Cc1ccc(OCCN(C)C(=O)c2ccc(=O)n(C)n2)cc1. The summed E-state index contributed by atoms with van der Waals surface area (Å²) >= 11 is 0. The molecule has 0 bridgehead atoms. The highest BCUT2D eigenvalue weighted by Crippen LogP contribution is 2.11. The fraction of sp³-hybridized carbons (Fsp3) is 0.312. The Morgan fingerprint density at radius 3 is 2.55 bits per heavy atom. The summed E-state index contributed by atoms with van der Waals surface area (Å²) in [5.74, 6) is 0.523. The van der Waals surface area contributed by atoms with Gasteiger partial charge >= 0.3 is 0 Å². The van der Waals surface area contributed by atoms with Gasteiger partial charge in [-0.15, -0.1) is 0 Å². The lowest BCUT2D eigenvalue weighted by molar-refractivity contribution is 0.0765. The van der Waals surface area contributed by atoms with Gasteiger partial charge in [-0.05, 0) is 25.1 Å². The molecule has 116 valence electrons. The van der Waals surface area contributed by atoms with Crippen LogP contribution < -0.4 is 10.3 Å². The zero-order valence-corrected chi connectivity index (χ0v) is 12.9. The molecule has 0 aliphatic heterocycles. The first kappa shape index (κ1) is 15.8. The second-order valence-corrected chi connectivity index (χ2v) is 5.07. The van der Waals surface area contributed by atoms with Crippen LogP contribution in [0.15, 0.2) is 41.2 Å². The number of hydrogen-bond donors (Lipinski definition) is 0. The van der Waals surface area contributed by atoms with Crippen molar-refractivity contribution in [1.29, 1.82) is 0 Å². The molecule has 0 spiro atoms. The molecule has 0 atom stereocenters. The smallest absolute Gasteiger partial charge is 0.274 e. The van der Waals surface area contributed by atoms with E-state index in [2.05, 4.69) is 5.10 Å². The second-order valence-electron chi connectivity index (χ2n) is 5.07. The number of carbonyl (C=O) groups excluding carboxylic acids is 1. The van der Waals surface area contributed by atoms with Crippen LogP contribution in [0.3, 0.4) is 0 Å². The van der Waals surface area contributed by atoms with Gasteiger partial charge in [0.1, 0.15) is 18.1 Å². The molecular weight excluding hydrogens is 282 g/mol. The lowest BCUT2D eigenvalue weighted by Gasteiger charge is -2.17. The average molecular weight is 301 g/mol. The van der Waals surface area contributed by atoms with Crippen molar-refractivity contribution in [1.82, 2.24) is 14.7 Å². The lowest BCUT2D eigenvalue weighted by Crippen LogP contribution is -2.33. The van der Waals surface area contributed by atoms with Crippen LogP contribution in [-0.2, 0) is 7.05 Å². The summed E-state index contributed by atoms with van der Waals surface area (Å²) in [7, 11) is 3.19. The molecule has 0 aliphatic carbocycles. The molecule has 0 aliphatic rings. The quantitative estimate of drug-likeness (QED) is 0.833. The van der Waals surface area contributed by atoms with E-state index in [0.717, 1.165) is 10.4 Å². The van der Waals surface area contributed by atoms with Crippen LogP contribution in [0.4, 0.5) is 0 Å². The van der Waals surface area contributed by atoms with Gasteiger partial charge in [0.05, 0.1) is 6.54 Å². The Hall–Kier alpha value is -2.63. The van der Waals surface area contributed by atoms with E-state index in [-0.39, 0.29) is 17.2 Å². The van der Waals surface area contributed by atoms with Gasteiger partial charge in [0.15, 0.2) is 0 Å². The number of hydrogen-bond acceptors (Lipinski definition) is 4. The van der Waals surface area contributed by atoms with Gasteiger partial charge in [0, 0.05) is 20.2 Å². The highest BCUT2D eigenvalue weighted by Gasteiger charge is 2.14. The molecule has 2 aromatic rings. The van der Waals surface area contributed by atoms with Crippen molar-refractivity contribution in [3.05, 3.63) is 58.0 Å². The molecule has 0 saturated carbocycles. The third kappa shape index (κ3) is 3.94. The number of carbonyl (C=O) groups is 1. The van der Waals surface area contributed by atoms with Gasteiger partial charge in [0.2, 0.25) is 0 Å². The van der Waals surface area contributed by atoms with Crippen LogP contribution >= 0.6 is 0 Å². The predicted octanol–water partition coefficient (Wildman–Crippen LogP) is 1.24. The van der Waals surface area contributed by atoms with Crippen molar-refractivity contribution in [3.63, 3.8) is 0 Å². The van der Waals surface area contributed by atoms with Crippen molar-refractivity contribution in [2.45, 2.75) is 6.92 Å². The summed E-state index contributed by atoms with van der Waals surface area (Å²) in [6.45, 7) is 2.82. The van der Waals surface area contributed by atoms with Crippen molar-refractivity contribution in [3.8, 4) is 5.75 Å². The van der Waals surface area contributed by atoms with Gasteiger partial charge in [-0.1, -0.05) is 17.7 Å². The average Bonchev–Trinajstić information content (AvgIpc) is 2.51. The van der Waals surface area contributed by atoms with Gasteiger partial charge in [0.25, 0.3) is 11.5 Å². The molecule has 2 rings (SSSR count). The Morgan fingerprint density at radius 1 is 1.23 bits per heavy atom. The minimum atomic E-state index is -0.248. The van der Waals surface area contributed by atoms with Gasteiger partial charge < -0.3 is 9.64 Å². The number of aromatic nitrogens is 2. The van der Waals surface area contributed by atoms with Crippen LogP contribution in [0, 0.1) is 6.92 Å². The van der Waals surface area contributed by atoms with Crippen molar-refractivity contribution >= 4 is 5.91 Å². The molecule has 0 fully saturated rings. The van der Waals surface area contributed by atoms with E-state index in [1.165, 1.54) is 29.6 Å². The predicted molar refractivity (Wildman–Crippen MR) is 83.1 cm³/mol. The number of ether oxygens (including phenoxy) is 1. The Labute approximate surface area is 128 Å². The monoisotopic (exact) mass is 301 g/mol. The molecule has 1 aromatic heterocycles. The maximum Gasteiger partial charge on any atom is 0.274 e. The van der Waals surface area contributed by atoms with Crippen LogP contribution in [0.1, 0.15) is 16.1 Å². The molecule has 6 nitrogen and oxygen atoms in total. The Bertz CT molecular complexity index is 707. The van der Waals surface area contributed by atoms with Crippen molar-refractivity contribution < 1.29 is 9.53 Å². The topological polar surface area (TPSA) is 64.4 Å². The fourth-order valence-corrected chi connectivity index (χ4v) is 1.85. The zero-order valence-electron chi connectivity index (χ0n) is 12.9. The van der Waals surface area contributed by atoms with Gasteiger partial charge in [-0.25, -0.2) is 4.68 Å². The molecule has 1 aromatic carbocycles. The highest BCUT2D eigenvalue weighted by molar-refractivity contribution is 5.91. The number of amides is 1. The van der Waals surface area contributed by atoms with Crippen LogP contribution in [0.5, 0.6) is 5.75 Å². The van der Waals surface area contributed by atoms with Crippen LogP contribution in [-0.4, -0.2) is 40.8 Å². The summed E-state index contributed by atoms with van der Waals surface area (Å²) in [4.78, 5) is 25.0. The molecule has 1 heterocycles. The largest absolute Gasteiger partial charge is 0.492 e. The van der Waals surface area contributed by atoms with Crippen molar-refractivity contribution in [2.75, 3.05) is 20.2 Å². The summed E-state index contributed by atoms with van der Waals surface area (Å²) in [6, 6.07) is 10.5. The number of likely N-dealkylation sites (N-methyl/N-ethyl adjacent to an activating group) is 1. The van der Waals surface area contributed by atoms with E-state index < -0.39 is 0 Å². The molecule has 0 unspecified atom stereocenters. The first-order valence-corrected chi connectivity index (χ1v) is 6.96. The maximum atomic E-state index is 12.2. The first-order valence-electron chi connectivity index (χ1n) is 6.96. The van der Waals surface area contributed by atoms with E-state index >= 15 is 0 Å². The summed E-state index contributed by atoms with van der Waals surface area (Å²) < 4.78 is 6.73. The second kappa shape index (κ2) is 6.89. The Balaban J connectivity index is 1.89. The van der Waals surface area contributed by atoms with E-state index in [9.17, 15) is 9.59 Å².